The first-order valence-electron chi connectivity index (χ1n) is 10.4. The summed E-state index contributed by atoms with van der Waals surface area (Å²) in [6, 6.07) is 29.6. The van der Waals surface area contributed by atoms with Crippen LogP contribution in [-0.2, 0) is 20.1 Å². The second-order valence-corrected chi connectivity index (χ2v) is 7.60. The Kier molecular flexibility index (Phi) is 7.89. The summed E-state index contributed by atoms with van der Waals surface area (Å²) in [6.07, 6.45) is 3.62. The number of hydrogen-bond acceptors (Lipinski definition) is 1. The van der Waals surface area contributed by atoms with Crippen LogP contribution in [0.5, 0.6) is 0 Å². The Morgan fingerprint density at radius 1 is 0.848 bits per heavy atom. The molecule has 164 valence electrons. The van der Waals surface area contributed by atoms with E-state index in [0.717, 1.165) is 22.4 Å². The molecule has 5 rings (SSSR count). The summed E-state index contributed by atoms with van der Waals surface area (Å²) in [5.41, 5.74) is 5.61. The third-order valence-corrected chi connectivity index (χ3v) is 5.31. The van der Waals surface area contributed by atoms with Gasteiger partial charge in [0.25, 0.3) is 0 Å². The molecule has 0 spiro atoms. The number of rotatable bonds is 3. The zero-order chi connectivity index (χ0) is 22.5. The van der Waals surface area contributed by atoms with E-state index < -0.39 is 0 Å². The van der Waals surface area contributed by atoms with Gasteiger partial charge in [-0.3, -0.25) is 4.79 Å². The Balaban J connectivity index is 0.000000186. The molecule has 0 aliphatic rings. The molecule has 3 aromatic carbocycles. The van der Waals surface area contributed by atoms with Crippen LogP contribution in [0.3, 0.4) is 0 Å². The maximum absolute atomic E-state index is 11.8. The molecule has 0 bridgehead atoms. The molecule has 2 aromatic heterocycles. The third-order valence-electron chi connectivity index (χ3n) is 5.31. The van der Waals surface area contributed by atoms with Crippen LogP contribution >= 0.6 is 0 Å². The van der Waals surface area contributed by atoms with Gasteiger partial charge >= 0.3 is 20.1 Å². The van der Waals surface area contributed by atoms with Crippen LogP contribution < -0.4 is 9.55 Å². The minimum Gasteiger partial charge on any atom is -0.661 e. The van der Waals surface area contributed by atoms with Crippen LogP contribution in [0.4, 0.5) is 0 Å². The molecule has 0 radical (unpaired) electrons. The molecule has 0 N–H and O–H groups in total. The number of pyridine rings is 1. The fraction of sp³-hybridized carbons (Fsp3) is 0.0345. The van der Waals surface area contributed by atoms with E-state index in [0.29, 0.717) is 11.3 Å². The molecule has 0 saturated carbocycles. The fourth-order valence-corrected chi connectivity index (χ4v) is 3.60. The van der Waals surface area contributed by atoms with Gasteiger partial charge < -0.3 is 9.55 Å². The fourth-order valence-electron chi connectivity index (χ4n) is 3.60. The van der Waals surface area contributed by atoms with Crippen molar-refractivity contribution in [1.29, 1.82) is 0 Å². The summed E-state index contributed by atoms with van der Waals surface area (Å²) in [7, 11) is 4.08. The van der Waals surface area contributed by atoms with Crippen molar-refractivity contribution in [2.24, 2.45) is 0 Å². The number of benzene rings is 3. The largest absolute Gasteiger partial charge is 3.00 e. The van der Waals surface area contributed by atoms with Crippen LogP contribution in [0.1, 0.15) is 27.2 Å². The van der Waals surface area contributed by atoms with Crippen molar-refractivity contribution in [2.75, 3.05) is 0 Å². The van der Waals surface area contributed by atoms with Crippen molar-refractivity contribution in [3.8, 4) is 11.3 Å². The predicted molar refractivity (Wildman–Crippen MR) is 129 cm³/mol. The Morgan fingerprint density at radius 2 is 1.55 bits per heavy atom. The van der Waals surface area contributed by atoms with Gasteiger partial charge in [-0.15, -0.1) is 17.7 Å². The van der Waals surface area contributed by atoms with Crippen molar-refractivity contribution in [3.05, 3.63) is 140 Å². The normalized spacial score (nSPS) is 10.1. The summed E-state index contributed by atoms with van der Waals surface area (Å²) >= 11 is 0. The number of hydrogen-bond donors (Lipinski definition) is 0. The van der Waals surface area contributed by atoms with Gasteiger partial charge in [0.2, 0.25) is 0 Å². The average molecular weight is 609 g/mol. The van der Waals surface area contributed by atoms with Gasteiger partial charge in [0.15, 0.2) is 5.78 Å². The molecule has 0 amide bonds. The summed E-state index contributed by atoms with van der Waals surface area (Å²) < 4.78 is 1.91. The molecule has 5 aromatic rings. The first kappa shape index (κ1) is 24.1. The number of ketones is 1. The third kappa shape index (κ3) is 5.43. The molecule has 2 heterocycles. The van der Waals surface area contributed by atoms with Gasteiger partial charge in [0.05, 0.1) is 11.9 Å². The molecular formula is C29H24IrN2O+. The molecule has 0 unspecified atom stereocenters. The summed E-state index contributed by atoms with van der Waals surface area (Å²) in [5.74, 6) is -0.0185. The number of nitrogens with zero attached hydrogens (tertiary/aromatic N) is 2. The van der Waals surface area contributed by atoms with Crippen molar-refractivity contribution in [2.45, 2.75) is 6.92 Å². The minimum absolute atomic E-state index is 0. The van der Waals surface area contributed by atoms with E-state index in [-0.39, 0.29) is 25.9 Å². The first-order valence-corrected chi connectivity index (χ1v) is 10.4. The molecular weight excluding hydrogens is 585 g/mol. The molecule has 0 aliphatic heterocycles. The second-order valence-electron chi connectivity index (χ2n) is 7.60. The standard InChI is InChI=1S/C17H14N.C12H11NO.Ir/c1-13-7-3-5-9-15(13)17-16-10-6-4-8-14(16)11-12-18(17)2;1-9-4-6-10(7-5-9)12(14)11-3-2-8-13-11;/h3-12H,1-2H2;2-8H,1H3,(H,13,14);/q-1;;+3/p-1. The molecule has 0 atom stereocenters. The van der Waals surface area contributed by atoms with E-state index in [1.807, 2.05) is 60.2 Å². The first-order chi connectivity index (χ1) is 15.5. The van der Waals surface area contributed by atoms with Crippen LogP contribution in [0.15, 0.2) is 103 Å². The Labute approximate surface area is 208 Å². The van der Waals surface area contributed by atoms with Crippen LogP contribution in [0.2, 0.25) is 0 Å². The Morgan fingerprint density at radius 3 is 2.24 bits per heavy atom. The Hall–Kier alpha value is -3.59. The minimum atomic E-state index is -0.0185. The maximum Gasteiger partial charge on any atom is 3.00 e. The smallest absolute Gasteiger partial charge is 0.661 e. The van der Waals surface area contributed by atoms with Crippen molar-refractivity contribution in [3.63, 3.8) is 0 Å². The van der Waals surface area contributed by atoms with Crippen molar-refractivity contribution >= 4 is 16.6 Å². The summed E-state index contributed by atoms with van der Waals surface area (Å²) in [6.45, 7) is 6.10. The number of aromatic nitrogens is 2. The van der Waals surface area contributed by atoms with Gasteiger partial charge in [-0.05, 0) is 23.8 Å². The van der Waals surface area contributed by atoms with E-state index in [9.17, 15) is 4.79 Å². The zero-order valence-electron chi connectivity index (χ0n) is 18.4. The number of carbonyl (C=O) groups is 1. The monoisotopic (exact) mass is 609 g/mol. The van der Waals surface area contributed by atoms with E-state index in [1.165, 1.54) is 10.8 Å². The quantitative estimate of drug-likeness (QED) is 0.148. The molecule has 0 fully saturated rings. The number of carbonyl (C=O) groups excluding carboxylic acids is 1. The zero-order valence-corrected chi connectivity index (χ0v) is 20.8. The summed E-state index contributed by atoms with van der Waals surface area (Å²) in [4.78, 5) is 15.7. The SMILES string of the molecule is Cc1ccc(C(=O)c2ccc[n-]2)cc1.[CH2-]c1ccccc1-c1c2ccccc2cc[n+]1[CH2-].[Ir+3]. The average Bonchev–Trinajstić information content (AvgIpc) is 3.35. The number of aryl methyl sites for hydroxylation is 1. The molecule has 33 heavy (non-hydrogen) atoms. The van der Waals surface area contributed by atoms with E-state index >= 15 is 0 Å². The van der Waals surface area contributed by atoms with Crippen LogP contribution in [0.25, 0.3) is 22.0 Å². The van der Waals surface area contributed by atoms with Gasteiger partial charge in [0, 0.05) is 12.6 Å². The summed E-state index contributed by atoms with van der Waals surface area (Å²) in [5, 5.41) is 2.42. The van der Waals surface area contributed by atoms with Crippen molar-refractivity contribution < 1.29 is 29.5 Å². The molecule has 0 saturated heterocycles. The Bertz CT molecular complexity index is 1360. The van der Waals surface area contributed by atoms with Crippen LogP contribution in [-0.4, -0.2) is 5.78 Å². The van der Waals surface area contributed by atoms with Gasteiger partial charge in [-0.1, -0.05) is 78.0 Å². The van der Waals surface area contributed by atoms with E-state index in [1.54, 1.807) is 18.3 Å². The molecule has 0 aliphatic carbocycles. The molecule has 3 nitrogen and oxygen atoms in total. The second kappa shape index (κ2) is 10.8. The van der Waals surface area contributed by atoms with Gasteiger partial charge in [-0.2, -0.15) is 24.8 Å². The predicted octanol–water partition coefficient (Wildman–Crippen LogP) is 5.80. The topological polar surface area (TPSA) is 35.1 Å². The maximum atomic E-state index is 11.8. The van der Waals surface area contributed by atoms with Gasteiger partial charge in [0.1, 0.15) is 0 Å². The number of fused-ring (bicyclic) bond motifs is 1. The van der Waals surface area contributed by atoms with E-state index in [4.69, 9.17) is 0 Å². The van der Waals surface area contributed by atoms with E-state index in [2.05, 4.69) is 55.4 Å². The van der Waals surface area contributed by atoms with Crippen LogP contribution in [0, 0.1) is 20.9 Å². The van der Waals surface area contributed by atoms with Crippen molar-refractivity contribution in [1.82, 2.24) is 4.98 Å². The van der Waals surface area contributed by atoms with Gasteiger partial charge in [-0.25, -0.2) is 0 Å². The molecule has 4 heteroatoms.